The maximum atomic E-state index is 3.68. The summed E-state index contributed by atoms with van der Waals surface area (Å²) in [5, 5.41) is 3.68. The number of unbranched alkanes of at least 4 members (excludes halogenated alkanes) is 1. The predicted octanol–water partition coefficient (Wildman–Crippen LogP) is 3.34. The molecule has 1 nitrogen and oxygen atoms in total. The highest BCUT2D eigenvalue weighted by atomic mass is 14.9. The Labute approximate surface area is 83.3 Å². The lowest BCUT2D eigenvalue weighted by Crippen LogP contribution is -2.37. The fraction of sp³-hybridized carbons (Fsp3) is 1.00. The minimum atomic E-state index is 0.585. The Bertz CT molecular complexity index is 140. The number of rotatable bonds is 4. The molecule has 1 atom stereocenters. The fourth-order valence-corrected chi connectivity index (χ4v) is 2.36. The van der Waals surface area contributed by atoms with Crippen LogP contribution in [-0.4, -0.2) is 12.6 Å². The Morgan fingerprint density at radius 2 is 2.15 bits per heavy atom. The Morgan fingerprint density at radius 1 is 1.38 bits per heavy atom. The molecule has 0 heterocycles. The van der Waals surface area contributed by atoms with Gasteiger partial charge in [0.1, 0.15) is 0 Å². The summed E-state index contributed by atoms with van der Waals surface area (Å²) in [5.74, 6) is 0. The summed E-state index contributed by atoms with van der Waals surface area (Å²) < 4.78 is 0. The zero-order chi connectivity index (χ0) is 9.73. The molecule has 1 N–H and O–H groups in total. The van der Waals surface area contributed by atoms with Crippen molar-refractivity contribution in [3.63, 3.8) is 0 Å². The van der Waals surface area contributed by atoms with Gasteiger partial charge >= 0.3 is 0 Å². The smallest absolute Gasteiger partial charge is 0.00721 e. The highest BCUT2D eigenvalue weighted by molar-refractivity contribution is 4.83. The summed E-state index contributed by atoms with van der Waals surface area (Å²) in [6.45, 7) is 8.28. The van der Waals surface area contributed by atoms with Gasteiger partial charge in [-0.25, -0.2) is 0 Å². The van der Waals surface area contributed by atoms with Crippen LogP contribution in [0.4, 0.5) is 0 Å². The maximum Gasteiger partial charge on any atom is 0.00721 e. The van der Waals surface area contributed by atoms with Crippen LogP contribution in [0.3, 0.4) is 0 Å². The topological polar surface area (TPSA) is 12.0 Å². The minimum Gasteiger partial charge on any atom is -0.314 e. The zero-order valence-corrected chi connectivity index (χ0v) is 9.53. The second-order valence-corrected chi connectivity index (χ2v) is 5.27. The first kappa shape index (κ1) is 11.0. The van der Waals surface area contributed by atoms with Gasteiger partial charge in [-0.1, -0.05) is 33.6 Å². The Kier molecular flexibility index (Phi) is 4.24. The number of hydrogen-bond donors (Lipinski definition) is 1. The fourth-order valence-electron chi connectivity index (χ4n) is 2.36. The molecule has 0 unspecified atom stereocenters. The van der Waals surface area contributed by atoms with Crippen LogP contribution in [-0.2, 0) is 0 Å². The quantitative estimate of drug-likeness (QED) is 0.659. The molecular formula is C12H25N. The maximum absolute atomic E-state index is 3.68. The predicted molar refractivity (Wildman–Crippen MR) is 58.9 cm³/mol. The summed E-state index contributed by atoms with van der Waals surface area (Å²) in [5.41, 5.74) is 0.585. The van der Waals surface area contributed by atoms with Crippen LogP contribution in [0.1, 0.15) is 59.3 Å². The third-order valence-corrected chi connectivity index (χ3v) is 3.17. The standard InChI is InChI=1S/C12H25N/c1-4-5-9-13-11-7-6-8-12(2,3)10-11/h11,13H,4-10H2,1-3H3/t11-/m0/s1. The molecule has 1 rings (SSSR count). The molecule has 0 spiro atoms. The molecule has 1 aliphatic carbocycles. The number of nitrogens with one attached hydrogen (secondary N) is 1. The highest BCUT2D eigenvalue weighted by Gasteiger charge is 2.27. The summed E-state index contributed by atoms with van der Waals surface area (Å²) in [6.07, 6.45) is 8.24. The van der Waals surface area contributed by atoms with Crippen molar-refractivity contribution in [2.24, 2.45) is 5.41 Å². The molecule has 0 aromatic carbocycles. The third kappa shape index (κ3) is 4.12. The van der Waals surface area contributed by atoms with E-state index < -0.39 is 0 Å². The van der Waals surface area contributed by atoms with Gasteiger partial charge in [0.2, 0.25) is 0 Å². The molecule has 1 aliphatic rings. The first-order valence-corrected chi connectivity index (χ1v) is 5.87. The van der Waals surface area contributed by atoms with Crippen LogP contribution < -0.4 is 5.32 Å². The molecule has 1 fully saturated rings. The Hall–Kier alpha value is -0.0400. The second-order valence-electron chi connectivity index (χ2n) is 5.27. The SMILES string of the molecule is CCCCN[C@H]1CCCC(C)(C)C1. The lowest BCUT2D eigenvalue weighted by molar-refractivity contribution is 0.198. The number of hydrogen-bond acceptors (Lipinski definition) is 1. The molecule has 13 heavy (non-hydrogen) atoms. The average Bonchev–Trinajstić information content (AvgIpc) is 2.03. The van der Waals surface area contributed by atoms with Crippen molar-refractivity contribution >= 4 is 0 Å². The first-order chi connectivity index (χ1) is 6.14. The van der Waals surface area contributed by atoms with Gasteiger partial charge in [0, 0.05) is 6.04 Å². The van der Waals surface area contributed by atoms with Crippen molar-refractivity contribution in [2.75, 3.05) is 6.54 Å². The van der Waals surface area contributed by atoms with Gasteiger partial charge in [0.25, 0.3) is 0 Å². The van der Waals surface area contributed by atoms with Crippen molar-refractivity contribution in [2.45, 2.75) is 65.3 Å². The van der Waals surface area contributed by atoms with Crippen molar-refractivity contribution < 1.29 is 0 Å². The van der Waals surface area contributed by atoms with Gasteiger partial charge in [-0.3, -0.25) is 0 Å². The van der Waals surface area contributed by atoms with E-state index in [1.165, 1.54) is 45.1 Å². The van der Waals surface area contributed by atoms with Crippen LogP contribution in [0.2, 0.25) is 0 Å². The largest absolute Gasteiger partial charge is 0.314 e. The first-order valence-electron chi connectivity index (χ1n) is 5.87. The van der Waals surface area contributed by atoms with Crippen molar-refractivity contribution in [1.29, 1.82) is 0 Å². The molecule has 1 heteroatoms. The summed E-state index contributed by atoms with van der Waals surface area (Å²) in [6, 6.07) is 0.801. The van der Waals surface area contributed by atoms with Crippen LogP contribution in [0, 0.1) is 5.41 Å². The molecular weight excluding hydrogens is 158 g/mol. The van der Waals surface area contributed by atoms with E-state index in [2.05, 4.69) is 26.1 Å². The molecule has 0 amide bonds. The van der Waals surface area contributed by atoms with Gasteiger partial charge < -0.3 is 5.32 Å². The second kappa shape index (κ2) is 4.99. The summed E-state index contributed by atoms with van der Waals surface area (Å²) in [7, 11) is 0. The molecule has 0 aromatic heterocycles. The average molecular weight is 183 g/mol. The van der Waals surface area contributed by atoms with Gasteiger partial charge in [0.05, 0.1) is 0 Å². The van der Waals surface area contributed by atoms with Crippen LogP contribution in [0.15, 0.2) is 0 Å². The van der Waals surface area contributed by atoms with Crippen molar-refractivity contribution in [3.05, 3.63) is 0 Å². The molecule has 0 saturated heterocycles. The van der Waals surface area contributed by atoms with Crippen molar-refractivity contribution in [3.8, 4) is 0 Å². The lowest BCUT2D eigenvalue weighted by Gasteiger charge is -2.35. The van der Waals surface area contributed by atoms with E-state index in [1.807, 2.05) is 0 Å². The summed E-state index contributed by atoms with van der Waals surface area (Å²) in [4.78, 5) is 0. The van der Waals surface area contributed by atoms with Gasteiger partial charge in [-0.15, -0.1) is 0 Å². The van der Waals surface area contributed by atoms with E-state index >= 15 is 0 Å². The summed E-state index contributed by atoms with van der Waals surface area (Å²) >= 11 is 0. The van der Waals surface area contributed by atoms with Crippen LogP contribution in [0.25, 0.3) is 0 Å². The van der Waals surface area contributed by atoms with E-state index in [0.29, 0.717) is 5.41 Å². The lowest BCUT2D eigenvalue weighted by atomic mass is 9.75. The van der Waals surface area contributed by atoms with Crippen molar-refractivity contribution in [1.82, 2.24) is 5.32 Å². The molecule has 0 radical (unpaired) electrons. The van der Waals surface area contributed by atoms with Crippen LogP contribution >= 0.6 is 0 Å². The zero-order valence-electron chi connectivity index (χ0n) is 9.53. The van der Waals surface area contributed by atoms with E-state index in [-0.39, 0.29) is 0 Å². The molecule has 1 saturated carbocycles. The van der Waals surface area contributed by atoms with E-state index in [0.717, 1.165) is 6.04 Å². The van der Waals surface area contributed by atoms with E-state index in [1.54, 1.807) is 0 Å². The van der Waals surface area contributed by atoms with Gasteiger partial charge in [-0.05, 0) is 37.6 Å². The molecule has 0 aliphatic heterocycles. The molecule has 0 aromatic rings. The van der Waals surface area contributed by atoms with E-state index in [9.17, 15) is 0 Å². The van der Waals surface area contributed by atoms with Gasteiger partial charge in [-0.2, -0.15) is 0 Å². The van der Waals surface area contributed by atoms with Crippen LogP contribution in [0.5, 0.6) is 0 Å². The minimum absolute atomic E-state index is 0.585. The molecule has 78 valence electrons. The Morgan fingerprint density at radius 3 is 2.77 bits per heavy atom. The third-order valence-electron chi connectivity index (χ3n) is 3.17. The Balaban J connectivity index is 2.19. The highest BCUT2D eigenvalue weighted by Crippen LogP contribution is 2.34. The monoisotopic (exact) mass is 183 g/mol. The normalized spacial score (nSPS) is 27.5. The van der Waals surface area contributed by atoms with Gasteiger partial charge in [0.15, 0.2) is 0 Å². The molecule has 0 bridgehead atoms. The van der Waals surface area contributed by atoms with E-state index in [4.69, 9.17) is 0 Å².